The predicted octanol–water partition coefficient (Wildman–Crippen LogP) is 5.86. The summed E-state index contributed by atoms with van der Waals surface area (Å²) in [5.41, 5.74) is 1.04. The van der Waals surface area contributed by atoms with Gasteiger partial charge in [-0.3, -0.25) is 14.0 Å². The Labute approximate surface area is 265 Å². The lowest BCUT2D eigenvalue weighted by atomic mass is 9.85. The van der Waals surface area contributed by atoms with Crippen molar-refractivity contribution in [2.45, 2.75) is 56.7 Å². The topological polar surface area (TPSA) is 70.2 Å². The fourth-order valence-corrected chi connectivity index (χ4v) is 8.03. The van der Waals surface area contributed by atoms with E-state index in [0.29, 0.717) is 65.2 Å². The highest BCUT2D eigenvalue weighted by molar-refractivity contribution is 7.92. The number of hydrogen-bond donors (Lipinski definition) is 0. The first-order valence-electron chi connectivity index (χ1n) is 15.0. The van der Waals surface area contributed by atoms with Crippen molar-refractivity contribution in [3.05, 3.63) is 63.7 Å². The molecule has 0 radical (unpaired) electrons. The number of rotatable bonds is 7. The van der Waals surface area contributed by atoms with Gasteiger partial charge in [-0.1, -0.05) is 17.7 Å². The van der Waals surface area contributed by atoms with Crippen LogP contribution in [-0.4, -0.2) is 88.5 Å². The number of hydrogen-bond acceptors (Lipinski definition) is 5. The highest BCUT2D eigenvalue weighted by Crippen LogP contribution is 2.42. The van der Waals surface area contributed by atoms with Gasteiger partial charge in [-0.05, 0) is 73.4 Å². The van der Waals surface area contributed by atoms with Gasteiger partial charge in [0.1, 0.15) is 18.2 Å². The second-order valence-electron chi connectivity index (χ2n) is 12.3. The molecule has 1 amide bonds. The molecule has 45 heavy (non-hydrogen) atoms. The van der Waals surface area contributed by atoms with E-state index in [0.717, 1.165) is 25.2 Å². The van der Waals surface area contributed by atoms with Crippen molar-refractivity contribution in [2.24, 2.45) is 5.92 Å². The van der Waals surface area contributed by atoms with Gasteiger partial charge >= 0.3 is 6.18 Å². The molecule has 3 aliphatic rings. The normalized spacial score (nSPS) is 22.6. The van der Waals surface area contributed by atoms with Crippen LogP contribution >= 0.6 is 11.6 Å². The van der Waals surface area contributed by atoms with E-state index < -0.39 is 46.2 Å². The molecule has 0 aromatic heterocycles. The number of carbonyl (C=O) groups is 1. The maximum atomic E-state index is 15.0. The summed E-state index contributed by atoms with van der Waals surface area (Å²) in [4.78, 5) is 17.9. The molecule has 0 N–H and O–H groups in total. The van der Waals surface area contributed by atoms with E-state index >= 15 is 4.39 Å². The number of alkyl halides is 3. The Balaban J connectivity index is 1.37. The first-order valence-corrected chi connectivity index (χ1v) is 17.2. The maximum absolute atomic E-state index is 15.0. The summed E-state index contributed by atoms with van der Waals surface area (Å²) in [6.45, 7) is 2.55. The van der Waals surface area contributed by atoms with Crippen LogP contribution in [0.2, 0.25) is 5.02 Å². The van der Waals surface area contributed by atoms with E-state index in [2.05, 4.69) is 4.90 Å². The van der Waals surface area contributed by atoms with Crippen LogP contribution in [0.25, 0.3) is 0 Å². The van der Waals surface area contributed by atoms with Crippen LogP contribution < -0.4 is 4.31 Å². The number of ether oxygens (including phenoxy) is 1. The van der Waals surface area contributed by atoms with Gasteiger partial charge < -0.3 is 9.64 Å². The van der Waals surface area contributed by atoms with Gasteiger partial charge in [0.15, 0.2) is 0 Å². The summed E-state index contributed by atoms with van der Waals surface area (Å²) in [6.07, 6.45) is -1.71. The number of halogens is 6. The van der Waals surface area contributed by atoms with Crippen molar-refractivity contribution in [1.29, 1.82) is 0 Å². The van der Waals surface area contributed by atoms with Crippen LogP contribution in [0, 0.1) is 24.5 Å². The highest BCUT2D eigenvalue weighted by atomic mass is 35.5. The Morgan fingerprint density at radius 3 is 2.29 bits per heavy atom. The molecule has 5 rings (SSSR count). The molecule has 0 spiro atoms. The number of piperidine rings is 1. The molecule has 0 bridgehead atoms. The summed E-state index contributed by atoms with van der Waals surface area (Å²) in [5, 5.41) is 0.302. The zero-order valence-electron chi connectivity index (χ0n) is 25.1. The summed E-state index contributed by atoms with van der Waals surface area (Å²) in [6, 6.07) is 6.53. The SMILES string of the molecule is Cc1cc(N(CC(F)(F)F)S(C)(=O)=O)c(C2CCN(C(=O)C3CN(C4CCOCC4)CC3c3ccc(F)cc3F)CC2)cc1Cl. The smallest absolute Gasteiger partial charge is 0.381 e. The number of anilines is 1. The lowest BCUT2D eigenvalue weighted by molar-refractivity contribution is -0.136. The first kappa shape index (κ1) is 33.9. The second-order valence-corrected chi connectivity index (χ2v) is 14.6. The quantitative estimate of drug-likeness (QED) is 0.344. The predicted molar refractivity (Wildman–Crippen MR) is 161 cm³/mol. The molecule has 248 valence electrons. The molecule has 0 aliphatic carbocycles. The molecule has 14 heteroatoms. The van der Waals surface area contributed by atoms with E-state index in [-0.39, 0.29) is 36.6 Å². The minimum absolute atomic E-state index is 0.0729. The van der Waals surface area contributed by atoms with Crippen molar-refractivity contribution in [3.8, 4) is 0 Å². The number of carbonyl (C=O) groups excluding carboxylic acids is 1. The summed E-state index contributed by atoms with van der Waals surface area (Å²) < 4.78 is 100. The third kappa shape index (κ3) is 7.74. The summed E-state index contributed by atoms with van der Waals surface area (Å²) in [5.74, 6) is -2.95. The zero-order valence-corrected chi connectivity index (χ0v) is 26.7. The number of benzene rings is 2. The van der Waals surface area contributed by atoms with Crippen LogP contribution in [0.15, 0.2) is 30.3 Å². The number of aryl methyl sites for hydroxylation is 1. The Morgan fingerprint density at radius 2 is 1.69 bits per heavy atom. The van der Waals surface area contributed by atoms with Crippen molar-refractivity contribution < 1.29 is 39.9 Å². The lowest BCUT2D eigenvalue weighted by Crippen LogP contribution is -2.44. The molecular weight excluding hydrogens is 641 g/mol. The fourth-order valence-electron chi connectivity index (χ4n) is 6.96. The van der Waals surface area contributed by atoms with E-state index in [1.54, 1.807) is 11.8 Å². The van der Waals surface area contributed by atoms with Gasteiger partial charge in [0.25, 0.3) is 0 Å². The van der Waals surface area contributed by atoms with Gasteiger partial charge in [-0.2, -0.15) is 13.2 Å². The number of sulfonamides is 1. The van der Waals surface area contributed by atoms with Crippen LogP contribution in [0.3, 0.4) is 0 Å². The van der Waals surface area contributed by atoms with E-state index in [1.165, 1.54) is 24.3 Å². The van der Waals surface area contributed by atoms with Gasteiger partial charge in [-0.25, -0.2) is 17.2 Å². The monoisotopic (exact) mass is 677 g/mol. The first-order chi connectivity index (χ1) is 21.1. The molecule has 3 fully saturated rings. The largest absolute Gasteiger partial charge is 0.407 e. The van der Waals surface area contributed by atoms with Crippen molar-refractivity contribution in [3.63, 3.8) is 0 Å². The Kier molecular flexibility index (Phi) is 10.0. The average Bonchev–Trinajstić information content (AvgIpc) is 3.41. The molecular formula is C31H37ClF5N3O4S. The Bertz CT molecular complexity index is 1510. The number of likely N-dealkylation sites (tertiary alicyclic amines) is 2. The van der Waals surface area contributed by atoms with Gasteiger partial charge in [0.05, 0.1) is 17.9 Å². The highest BCUT2D eigenvalue weighted by Gasteiger charge is 2.44. The maximum Gasteiger partial charge on any atom is 0.407 e. The minimum Gasteiger partial charge on any atom is -0.381 e. The molecule has 3 aliphatic heterocycles. The third-order valence-corrected chi connectivity index (χ3v) is 10.8. The van der Waals surface area contributed by atoms with Gasteiger partial charge in [0, 0.05) is 62.4 Å². The summed E-state index contributed by atoms with van der Waals surface area (Å²) in [7, 11) is -4.29. The molecule has 7 nitrogen and oxygen atoms in total. The standard InChI is InChI=1S/C31H37ClF5N3O4S/c1-19-13-29(40(45(2,42)43)18-31(35,36)37)24(15-27(19)32)20-5-9-38(10-6-20)30(41)26-17-39(22-7-11-44-12-8-22)16-25(26)23-4-3-21(33)14-28(23)34/h3-4,13-15,20,22,25-26H,5-12,16-18H2,1-2H3. The molecule has 0 saturated carbocycles. The Hall–Kier alpha value is -2.48. The molecule has 3 saturated heterocycles. The molecule has 2 unspecified atom stereocenters. The third-order valence-electron chi connectivity index (χ3n) is 9.28. The summed E-state index contributed by atoms with van der Waals surface area (Å²) >= 11 is 6.38. The molecule has 3 heterocycles. The Morgan fingerprint density at radius 1 is 1.02 bits per heavy atom. The van der Waals surface area contributed by atoms with E-state index in [1.807, 2.05) is 0 Å². The van der Waals surface area contributed by atoms with E-state index in [9.17, 15) is 30.8 Å². The number of nitrogens with zero attached hydrogens (tertiary/aromatic N) is 3. The van der Waals surface area contributed by atoms with Crippen molar-refractivity contribution in [1.82, 2.24) is 9.80 Å². The van der Waals surface area contributed by atoms with Crippen molar-refractivity contribution in [2.75, 3.05) is 56.5 Å². The molecule has 2 aromatic carbocycles. The fraction of sp³-hybridized carbons (Fsp3) is 0.581. The molecule has 2 aromatic rings. The minimum atomic E-state index is -4.77. The van der Waals surface area contributed by atoms with Crippen LogP contribution in [0.4, 0.5) is 27.6 Å². The number of amides is 1. The second kappa shape index (κ2) is 13.3. The van der Waals surface area contributed by atoms with Crippen LogP contribution in [0.5, 0.6) is 0 Å². The lowest BCUT2D eigenvalue weighted by Gasteiger charge is -2.37. The van der Waals surface area contributed by atoms with Crippen LogP contribution in [-0.2, 0) is 19.6 Å². The average molecular weight is 678 g/mol. The van der Waals surface area contributed by atoms with Gasteiger partial charge in [-0.15, -0.1) is 0 Å². The van der Waals surface area contributed by atoms with Crippen molar-refractivity contribution >= 4 is 33.2 Å². The zero-order chi connectivity index (χ0) is 32.7. The molecule has 2 atom stereocenters. The van der Waals surface area contributed by atoms with Gasteiger partial charge in [0.2, 0.25) is 15.9 Å². The van der Waals surface area contributed by atoms with Crippen LogP contribution in [0.1, 0.15) is 54.2 Å². The van der Waals surface area contributed by atoms with E-state index in [4.69, 9.17) is 16.3 Å².